The van der Waals surface area contributed by atoms with Gasteiger partial charge in [0.15, 0.2) is 15.6 Å². The van der Waals surface area contributed by atoms with Crippen molar-refractivity contribution in [2.75, 3.05) is 11.1 Å². The molecule has 18 nitrogen and oxygen atoms in total. The van der Waals surface area contributed by atoms with E-state index in [2.05, 4.69) is 25.5 Å². The number of phenols is 1. The average molecular weight is 856 g/mol. The Hall–Kier alpha value is -5.75. The van der Waals surface area contributed by atoms with Crippen LogP contribution in [0.15, 0.2) is 127 Å². The van der Waals surface area contributed by atoms with Crippen molar-refractivity contribution < 1.29 is 57.2 Å². The topological polar surface area (TPSA) is 297 Å². The minimum atomic E-state index is -5.34. The van der Waals surface area contributed by atoms with Crippen molar-refractivity contribution in [2.24, 2.45) is 10.2 Å². The number of carbonyl (C=O) groups is 1. The minimum absolute atomic E-state index is 0.0326. The van der Waals surface area contributed by atoms with Gasteiger partial charge in [0.25, 0.3) is 36.3 Å². The van der Waals surface area contributed by atoms with Crippen LogP contribution in [0.2, 0.25) is 0 Å². The van der Waals surface area contributed by atoms with Gasteiger partial charge in [0.1, 0.15) is 21.2 Å². The summed E-state index contributed by atoms with van der Waals surface area (Å²) in [6.45, 7) is 1.79. The summed E-state index contributed by atoms with van der Waals surface area (Å²) in [4.78, 5) is 18.2. The lowest BCUT2D eigenvalue weighted by molar-refractivity contribution is 0.102. The SMILES string of the molecule is CC(CCS(=O)(=O)c1ccc2c(S(=O)(=O)O)c(N=Nc3c(S(=O)(=O)O)cc4cc(S(=O)(=O)O)cc(NC(=O)c5ccccc5)c4c3O)ccc2c1)c1cnccn1. The van der Waals surface area contributed by atoms with Gasteiger partial charge in [-0.1, -0.05) is 37.3 Å². The van der Waals surface area contributed by atoms with Crippen LogP contribution in [0, 0.1) is 0 Å². The molecule has 0 aliphatic heterocycles. The van der Waals surface area contributed by atoms with E-state index in [0.29, 0.717) is 11.8 Å². The summed E-state index contributed by atoms with van der Waals surface area (Å²) in [5.41, 5.74) is -1.45. The Morgan fingerprint density at radius 2 is 1.47 bits per heavy atom. The molecule has 6 rings (SSSR count). The van der Waals surface area contributed by atoms with Crippen LogP contribution in [0.3, 0.4) is 0 Å². The molecular weight excluding hydrogens is 827 g/mol. The van der Waals surface area contributed by atoms with Crippen molar-refractivity contribution in [3.63, 3.8) is 0 Å². The largest absolute Gasteiger partial charge is 0.505 e. The third-order valence-corrected chi connectivity index (χ3v) is 13.1. The van der Waals surface area contributed by atoms with Crippen molar-refractivity contribution in [3.05, 3.63) is 109 Å². The van der Waals surface area contributed by atoms with Gasteiger partial charge in [-0.15, -0.1) is 10.2 Å². The van der Waals surface area contributed by atoms with Gasteiger partial charge < -0.3 is 10.4 Å². The van der Waals surface area contributed by atoms with Crippen LogP contribution < -0.4 is 5.32 Å². The average Bonchev–Trinajstić information content (AvgIpc) is 3.15. The fourth-order valence-electron chi connectivity index (χ4n) is 5.86. The van der Waals surface area contributed by atoms with Crippen LogP contribution in [0.5, 0.6) is 5.75 Å². The summed E-state index contributed by atoms with van der Waals surface area (Å²) in [5.74, 6) is -2.49. The molecule has 1 atom stereocenters. The predicted molar refractivity (Wildman–Crippen MR) is 205 cm³/mol. The number of hydrogen-bond donors (Lipinski definition) is 5. The molecule has 22 heteroatoms. The highest BCUT2D eigenvalue weighted by Crippen LogP contribution is 2.46. The number of anilines is 1. The molecule has 296 valence electrons. The van der Waals surface area contributed by atoms with E-state index >= 15 is 0 Å². The highest BCUT2D eigenvalue weighted by atomic mass is 32.2. The number of sulfone groups is 1. The number of azo groups is 1. The summed E-state index contributed by atoms with van der Waals surface area (Å²) >= 11 is 0. The van der Waals surface area contributed by atoms with E-state index in [4.69, 9.17) is 0 Å². The molecule has 0 spiro atoms. The molecule has 1 amide bonds. The Morgan fingerprint density at radius 3 is 2.11 bits per heavy atom. The molecule has 1 heterocycles. The number of fused-ring (bicyclic) bond motifs is 2. The molecule has 1 aromatic heterocycles. The lowest BCUT2D eigenvalue weighted by Crippen LogP contribution is -2.13. The molecule has 0 aliphatic carbocycles. The Balaban J connectivity index is 1.46. The third-order valence-electron chi connectivity index (χ3n) is 8.69. The number of benzene rings is 5. The lowest BCUT2D eigenvalue weighted by atomic mass is 10.1. The van der Waals surface area contributed by atoms with Gasteiger partial charge in [-0.2, -0.15) is 25.3 Å². The summed E-state index contributed by atoms with van der Waals surface area (Å²) in [6.07, 6.45) is 4.68. The molecule has 0 saturated heterocycles. The van der Waals surface area contributed by atoms with Crippen LogP contribution in [0.4, 0.5) is 17.1 Å². The van der Waals surface area contributed by atoms with Crippen molar-refractivity contribution >= 4 is 84.7 Å². The fraction of sp³-hybridized carbons (Fsp3) is 0.114. The quantitative estimate of drug-likeness (QED) is 0.0711. The molecule has 0 saturated carbocycles. The molecule has 1 unspecified atom stereocenters. The Labute approximate surface area is 325 Å². The number of rotatable bonds is 12. The first-order valence-electron chi connectivity index (χ1n) is 16.2. The Bertz CT molecular complexity index is 3080. The van der Waals surface area contributed by atoms with E-state index in [1.807, 2.05) is 0 Å². The van der Waals surface area contributed by atoms with Crippen LogP contribution >= 0.6 is 0 Å². The van der Waals surface area contributed by atoms with Crippen LogP contribution in [0.25, 0.3) is 21.5 Å². The maximum absolute atomic E-state index is 13.3. The Kier molecular flexibility index (Phi) is 11.0. The molecule has 5 aromatic carbocycles. The van der Waals surface area contributed by atoms with E-state index in [1.54, 1.807) is 13.0 Å². The zero-order chi connectivity index (χ0) is 41.5. The molecule has 0 bridgehead atoms. The monoisotopic (exact) mass is 855 g/mol. The van der Waals surface area contributed by atoms with Gasteiger partial charge >= 0.3 is 0 Å². The first-order valence-corrected chi connectivity index (χ1v) is 22.2. The number of amides is 1. The molecular formula is C35H29N5O13S4. The van der Waals surface area contributed by atoms with Crippen LogP contribution in [-0.4, -0.2) is 74.1 Å². The number of nitrogens with one attached hydrogen (secondary N) is 1. The van der Waals surface area contributed by atoms with Crippen molar-refractivity contribution in [1.29, 1.82) is 0 Å². The Morgan fingerprint density at radius 1 is 0.772 bits per heavy atom. The second kappa shape index (κ2) is 15.3. The maximum atomic E-state index is 13.3. The molecule has 6 aromatic rings. The highest BCUT2D eigenvalue weighted by molar-refractivity contribution is 7.91. The third kappa shape index (κ3) is 8.81. The van der Waals surface area contributed by atoms with Gasteiger partial charge in [0.2, 0.25) is 0 Å². The minimum Gasteiger partial charge on any atom is -0.505 e. The number of phenolic OH excluding ortho intramolecular Hbond substituents is 1. The van der Waals surface area contributed by atoms with Crippen LogP contribution in [0.1, 0.15) is 35.3 Å². The first kappa shape index (κ1) is 40.9. The van der Waals surface area contributed by atoms with Gasteiger partial charge in [0, 0.05) is 40.8 Å². The first-order chi connectivity index (χ1) is 26.6. The van der Waals surface area contributed by atoms with E-state index < -0.39 is 94.4 Å². The second-order valence-electron chi connectivity index (χ2n) is 12.5. The lowest BCUT2D eigenvalue weighted by Gasteiger charge is -2.15. The van der Waals surface area contributed by atoms with E-state index in [-0.39, 0.29) is 39.3 Å². The number of hydrogen-bond acceptors (Lipinski definition) is 14. The summed E-state index contributed by atoms with van der Waals surface area (Å²) in [6, 6.07) is 15.3. The summed E-state index contributed by atoms with van der Waals surface area (Å²) in [7, 11) is -19.5. The van der Waals surface area contributed by atoms with Gasteiger partial charge in [0.05, 0.1) is 26.9 Å². The number of aromatic hydroxyl groups is 1. The number of carbonyl (C=O) groups excluding carboxylic acids is 1. The van der Waals surface area contributed by atoms with E-state index in [0.717, 1.165) is 30.3 Å². The molecule has 0 radical (unpaired) electrons. The highest BCUT2D eigenvalue weighted by Gasteiger charge is 2.28. The maximum Gasteiger partial charge on any atom is 0.297 e. The molecule has 0 fully saturated rings. The number of nitrogens with zero attached hydrogens (tertiary/aromatic N) is 4. The standard InChI is InChI=1S/C35H29N5O13S4/c1-20(29-19-36-12-13-37-29)11-14-54(43,44)24-8-9-26-22(15-24)7-10-27(34(26)57(51,52)53)39-40-32-30(56(48,49)50)17-23-16-25(55(45,46)47)18-28(31(23)33(32)41)38-35(42)21-5-3-2-4-6-21/h2-10,12-13,15-20,41H,11,14H2,1H3,(H,38,42)(H,45,46,47)(H,48,49,50)(H,51,52,53). The normalized spacial score (nSPS) is 13.3. The van der Waals surface area contributed by atoms with Gasteiger partial charge in [-0.05, 0) is 65.7 Å². The fourth-order valence-corrected chi connectivity index (χ4v) is 9.38. The number of aromatic nitrogens is 2. The smallest absolute Gasteiger partial charge is 0.297 e. The van der Waals surface area contributed by atoms with Crippen molar-refractivity contribution in [2.45, 2.75) is 38.8 Å². The zero-order valence-electron chi connectivity index (χ0n) is 29.1. The van der Waals surface area contributed by atoms with Crippen molar-refractivity contribution in [1.82, 2.24) is 9.97 Å². The van der Waals surface area contributed by atoms with Crippen LogP contribution in [-0.2, 0) is 40.2 Å². The predicted octanol–water partition coefficient (Wildman–Crippen LogP) is 5.86. The van der Waals surface area contributed by atoms with E-state index in [9.17, 15) is 57.2 Å². The zero-order valence-corrected chi connectivity index (χ0v) is 32.4. The van der Waals surface area contributed by atoms with Crippen molar-refractivity contribution in [3.8, 4) is 5.75 Å². The van der Waals surface area contributed by atoms with Gasteiger partial charge in [-0.3, -0.25) is 28.4 Å². The molecule has 57 heavy (non-hydrogen) atoms. The van der Waals surface area contributed by atoms with Gasteiger partial charge in [-0.25, -0.2) is 8.42 Å². The van der Waals surface area contributed by atoms with E-state index in [1.165, 1.54) is 55.0 Å². The summed E-state index contributed by atoms with van der Waals surface area (Å²) < 4.78 is 132. The summed E-state index contributed by atoms with van der Waals surface area (Å²) in [5, 5.41) is 20.3. The second-order valence-corrected chi connectivity index (χ2v) is 18.8. The molecule has 0 aliphatic rings. The molecule has 5 N–H and O–H groups in total.